The van der Waals surface area contributed by atoms with E-state index in [0.717, 1.165) is 57.5 Å². The second-order valence-electron chi connectivity index (χ2n) is 6.78. The van der Waals surface area contributed by atoms with Crippen molar-refractivity contribution in [2.45, 2.75) is 58.9 Å². The predicted octanol–water partition coefficient (Wildman–Crippen LogP) is 3.87. The zero-order valence-electron chi connectivity index (χ0n) is 16.6. The Labute approximate surface area is 158 Å². The van der Waals surface area contributed by atoms with Crippen molar-refractivity contribution in [2.24, 2.45) is 0 Å². The number of nitrogens with zero attached hydrogens (tertiary/aromatic N) is 1. The fourth-order valence-corrected chi connectivity index (χ4v) is 3.33. The highest BCUT2D eigenvalue weighted by molar-refractivity contribution is 5.95. The van der Waals surface area contributed by atoms with Crippen LogP contribution in [0.5, 0.6) is 11.5 Å². The molecule has 1 aromatic carbocycles. The molecule has 1 N–H and O–H groups in total. The molecule has 1 heterocycles. The van der Waals surface area contributed by atoms with Crippen molar-refractivity contribution < 1.29 is 14.3 Å². The number of amides is 1. The van der Waals surface area contributed by atoms with E-state index in [4.69, 9.17) is 9.47 Å². The summed E-state index contributed by atoms with van der Waals surface area (Å²) in [5, 5.41) is 3.37. The number of carbonyl (C=O) groups is 1. The molecule has 1 aliphatic rings. The maximum absolute atomic E-state index is 13.2. The molecule has 1 aliphatic heterocycles. The Kier molecular flexibility index (Phi) is 8.75. The van der Waals surface area contributed by atoms with Crippen LogP contribution in [0, 0.1) is 0 Å². The van der Waals surface area contributed by atoms with Crippen LogP contribution in [0.2, 0.25) is 0 Å². The molecule has 5 nitrogen and oxygen atoms in total. The third kappa shape index (κ3) is 5.63. The van der Waals surface area contributed by atoms with E-state index in [-0.39, 0.29) is 5.91 Å². The number of rotatable bonds is 10. The van der Waals surface area contributed by atoms with Crippen LogP contribution in [0.25, 0.3) is 0 Å². The summed E-state index contributed by atoms with van der Waals surface area (Å²) in [6, 6.07) is 5.91. The lowest BCUT2D eigenvalue weighted by Crippen LogP contribution is -2.46. The SMILES string of the molecule is CCCCOc1ccc(C(=O)N(CCC)C2CCNCC2)cc1OCC. The fraction of sp³-hybridized carbons (Fsp3) is 0.667. The summed E-state index contributed by atoms with van der Waals surface area (Å²) in [7, 11) is 0. The summed E-state index contributed by atoms with van der Waals surface area (Å²) in [4.78, 5) is 15.2. The quantitative estimate of drug-likeness (QED) is 0.642. The summed E-state index contributed by atoms with van der Waals surface area (Å²) >= 11 is 0. The van der Waals surface area contributed by atoms with Gasteiger partial charge in [0.25, 0.3) is 5.91 Å². The van der Waals surface area contributed by atoms with Gasteiger partial charge in [0.2, 0.25) is 0 Å². The molecule has 1 saturated heterocycles. The molecule has 146 valence electrons. The predicted molar refractivity (Wildman–Crippen MR) is 105 cm³/mol. The van der Waals surface area contributed by atoms with Crippen LogP contribution in [0.4, 0.5) is 0 Å². The molecule has 0 radical (unpaired) electrons. The number of nitrogens with one attached hydrogen (secondary N) is 1. The number of ether oxygens (including phenoxy) is 2. The van der Waals surface area contributed by atoms with Crippen LogP contribution >= 0.6 is 0 Å². The highest BCUT2D eigenvalue weighted by Gasteiger charge is 2.26. The first-order valence-corrected chi connectivity index (χ1v) is 10.1. The Balaban J connectivity index is 2.18. The van der Waals surface area contributed by atoms with Gasteiger partial charge in [0.1, 0.15) is 0 Å². The van der Waals surface area contributed by atoms with E-state index in [0.29, 0.717) is 30.6 Å². The first-order valence-electron chi connectivity index (χ1n) is 10.1. The number of hydrogen-bond acceptors (Lipinski definition) is 4. The number of hydrogen-bond donors (Lipinski definition) is 1. The molecule has 0 atom stereocenters. The molecule has 5 heteroatoms. The summed E-state index contributed by atoms with van der Waals surface area (Å²) in [6.45, 7) is 10.2. The standard InChI is InChI=1S/C21H34N2O3/c1-4-7-15-26-19-9-8-17(16-20(19)25-6-3)21(24)23(14-5-2)18-10-12-22-13-11-18/h8-9,16,18,22H,4-7,10-15H2,1-3H3. The largest absolute Gasteiger partial charge is 0.490 e. The van der Waals surface area contributed by atoms with E-state index in [1.54, 1.807) is 0 Å². The molecular formula is C21H34N2O3. The summed E-state index contributed by atoms with van der Waals surface area (Å²) < 4.78 is 11.6. The van der Waals surface area contributed by atoms with Crippen LogP contribution in [-0.2, 0) is 0 Å². The van der Waals surface area contributed by atoms with Crippen molar-refractivity contribution in [2.75, 3.05) is 32.8 Å². The number of benzene rings is 1. The third-order valence-electron chi connectivity index (χ3n) is 4.72. The van der Waals surface area contributed by atoms with Gasteiger partial charge < -0.3 is 19.7 Å². The van der Waals surface area contributed by atoms with Gasteiger partial charge >= 0.3 is 0 Å². The lowest BCUT2D eigenvalue weighted by atomic mass is 10.0. The molecule has 0 spiro atoms. The summed E-state index contributed by atoms with van der Waals surface area (Å²) in [5.41, 5.74) is 0.684. The monoisotopic (exact) mass is 362 g/mol. The first-order chi connectivity index (χ1) is 12.7. The zero-order chi connectivity index (χ0) is 18.8. The molecule has 0 saturated carbocycles. The van der Waals surface area contributed by atoms with Crippen molar-refractivity contribution in [3.05, 3.63) is 23.8 Å². The lowest BCUT2D eigenvalue weighted by Gasteiger charge is -2.34. The molecule has 1 fully saturated rings. The van der Waals surface area contributed by atoms with Gasteiger partial charge in [0.15, 0.2) is 11.5 Å². The van der Waals surface area contributed by atoms with Crippen molar-refractivity contribution in [3.8, 4) is 11.5 Å². The van der Waals surface area contributed by atoms with Gasteiger partial charge in [-0.3, -0.25) is 4.79 Å². The Morgan fingerprint density at radius 3 is 2.54 bits per heavy atom. The minimum Gasteiger partial charge on any atom is -0.490 e. The smallest absolute Gasteiger partial charge is 0.254 e. The topological polar surface area (TPSA) is 50.8 Å². The summed E-state index contributed by atoms with van der Waals surface area (Å²) in [6.07, 6.45) is 5.09. The Morgan fingerprint density at radius 2 is 1.88 bits per heavy atom. The van der Waals surface area contributed by atoms with Gasteiger partial charge in [-0.1, -0.05) is 20.3 Å². The van der Waals surface area contributed by atoms with Gasteiger partial charge in [-0.25, -0.2) is 0 Å². The lowest BCUT2D eigenvalue weighted by molar-refractivity contribution is 0.0642. The van der Waals surface area contributed by atoms with E-state index >= 15 is 0 Å². The Morgan fingerprint density at radius 1 is 1.12 bits per heavy atom. The minimum absolute atomic E-state index is 0.0970. The van der Waals surface area contributed by atoms with E-state index in [2.05, 4.69) is 19.2 Å². The van der Waals surface area contributed by atoms with E-state index in [1.165, 1.54) is 0 Å². The number of piperidine rings is 1. The molecule has 26 heavy (non-hydrogen) atoms. The Bertz CT molecular complexity index is 556. The van der Waals surface area contributed by atoms with E-state index in [9.17, 15) is 4.79 Å². The second-order valence-corrected chi connectivity index (χ2v) is 6.78. The van der Waals surface area contributed by atoms with Crippen LogP contribution < -0.4 is 14.8 Å². The zero-order valence-corrected chi connectivity index (χ0v) is 16.6. The maximum atomic E-state index is 13.2. The highest BCUT2D eigenvalue weighted by atomic mass is 16.5. The number of unbranched alkanes of at least 4 members (excludes halogenated alkanes) is 1. The van der Waals surface area contributed by atoms with E-state index < -0.39 is 0 Å². The second kappa shape index (κ2) is 11.1. The van der Waals surface area contributed by atoms with Crippen molar-refractivity contribution >= 4 is 5.91 Å². The van der Waals surface area contributed by atoms with Crippen LogP contribution in [-0.4, -0.2) is 49.7 Å². The van der Waals surface area contributed by atoms with Gasteiger partial charge in [0.05, 0.1) is 13.2 Å². The molecular weight excluding hydrogens is 328 g/mol. The van der Waals surface area contributed by atoms with Gasteiger partial charge in [0, 0.05) is 18.2 Å². The third-order valence-corrected chi connectivity index (χ3v) is 4.72. The normalized spacial score (nSPS) is 14.9. The molecule has 0 unspecified atom stereocenters. The highest BCUT2D eigenvalue weighted by Crippen LogP contribution is 2.30. The molecule has 2 rings (SSSR count). The van der Waals surface area contributed by atoms with Gasteiger partial charge in [-0.05, 0) is 63.9 Å². The van der Waals surface area contributed by atoms with Crippen LogP contribution in [0.15, 0.2) is 18.2 Å². The van der Waals surface area contributed by atoms with Gasteiger partial charge in [-0.2, -0.15) is 0 Å². The minimum atomic E-state index is 0.0970. The van der Waals surface area contributed by atoms with Crippen molar-refractivity contribution in [1.82, 2.24) is 10.2 Å². The number of carbonyl (C=O) groups excluding carboxylic acids is 1. The average molecular weight is 363 g/mol. The van der Waals surface area contributed by atoms with Crippen LogP contribution in [0.1, 0.15) is 63.2 Å². The molecule has 0 bridgehead atoms. The van der Waals surface area contributed by atoms with Crippen molar-refractivity contribution in [1.29, 1.82) is 0 Å². The molecule has 1 amide bonds. The Hall–Kier alpha value is -1.75. The van der Waals surface area contributed by atoms with Gasteiger partial charge in [-0.15, -0.1) is 0 Å². The first kappa shape index (κ1) is 20.6. The fourth-order valence-electron chi connectivity index (χ4n) is 3.33. The van der Waals surface area contributed by atoms with Crippen LogP contribution in [0.3, 0.4) is 0 Å². The summed E-state index contributed by atoms with van der Waals surface area (Å²) in [5.74, 6) is 1.48. The van der Waals surface area contributed by atoms with E-state index in [1.807, 2.05) is 30.0 Å². The molecule has 0 aromatic heterocycles. The molecule has 0 aliphatic carbocycles. The van der Waals surface area contributed by atoms with Crippen molar-refractivity contribution in [3.63, 3.8) is 0 Å². The maximum Gasteiger partial charge on any atom is 0.254 e. The molecule has 1 aromatic rings. The average Bonchev–Trinajstić information content (AvgIpc) is 2.68.